The summed E-state index contributed by atoms with van der Waals surface area (Å²) in [6.45, 7) is 0. The Morgan fingerprint density at radius 1 is 0.975 bits per heavy atom. The molecule has 0 atom stereocenters. The number of benzene rings is 2. The van der Waals surface area contributed by atoms with Gasteiger partial charge in [-0.1, -0.05) is 0 Å². The van der Waals surface area contributed by atoms with E-state index in [0.717, 1.165) is 17.8 Å². The first kappa shape index (κ1) is 26.4. The fraction of sp³-hybridized carbons (Fsp3) is 0.111. The summed E-state index contributed by atoms with van der Waals surface area (Å²) >= 11 is 0. The maximum absolute atomic E-state index is 14.5. The van der Waals surface area contributed by atoms with Crippen LogP contribution in [-0.2, 0) is 7.05 Å². The maximum Gasteiger partial charge on any atom is 0.573 e. The molecule has 0 fully saturated rings. The molecule has 0 saturated heterocycles. The number of amides is 1. The van der Waals surface area contributed by atoms with E-state index in [4.69, 9.17) is 4.74 Å². The molecule has 13 heteroatoms. The van der Waals surface area contributed by atoms with E-state index in [1.165, 1.54) is 43.7 Å². The quantitative estimate of drug-likeness (QED) is 0.240. The molecular weight excluding hydrogens is 532 g/mol. The summed E-state index contributed by atoms with van der Waals surface area (Å²) in [6.07, 6.45) is -1.33. The van der Waals surface area contributed by atoms with Gasteiger partial charge >= 0.3 is 6.36 Å². The monoisotopic (exact) mass is 552 g/mol. The normalized spacial score (nSPS) is 11.3. The van der Waals surface area contributed by atoms with E-state index in [0.29, 0.717) is 28.7 Å². The summed E-state index contributed by atoms with van der Waals surface area (Å²) in [6, 6.07) is 13.4. The fourth-order valence-electron chi connectivity index (χ4n) is 3.97. The van der Waals surface area contributed by atoms with Crippen LogP contribution in [0.2, 0.25) is 0 Å². The van der Waals surface area contributed by atoms with Gasteiger partial charge in [-0.25, -0.2) is 9.37 Å². The lowest BCUT2D eigenvalue weighted by molar-refractivity contribution is -0.274. The Morgan fingerprint density at radius 3 is 2.52 bits per heavy atom. The van der Waals surface area contributed by atoms with Crippen LogP contribution in [0.4, 0.5) is 29.2 Å². The SMILES string of the molecule is CNC(=O)c1cc(Oc2ccc3c(c2)nc(Nc2ccc(OC(F)(F)F)c(-c4ccncc4F)c2)n3C)ccn1. The van der Waals surface area contributed by atoms with Crippen molar-refractivity contribution in [3.05, 3.63) is 84.7 Å². The number of rotatable bonds is 7. The highest BCUT2D eigenvalue weighted by molar-refractivity contribution is 5.92. The average molecular weight is 552 g/mol. The lowest BCUT2D eigenvalue weighted by atomic mass is 10.0. The van der Waals surface area contributed by atoms with Gasteiger partial charge in [-0.2, -0.15) is 0 Å². The minimum Gasteiger partial charge on any atom is -0.457 e. The van der Waals surface area contributed by atoms with Gasteiger partial charge in [-0.3, -0.25) is 14.8 Å². The van der Waals surface area contributed by atoms with E-state index in [-0.39, 0.29) is 22.7 Å². The molecule has 5 aromatic rings. The lowest BCUT2D eigenvalue weighted by Gasteiger charge is -2.16. The summed E-state index contributed by atoms with van der Waals surface area (Å²) in [4.78, 5) is 24.1. The summed E-state index contributed by atoms with van der Waals surface area (Å²) in [5.41, 5.74) is 1.59. The summed E-state index contributed by atoms with van der Waals surface area (Å²) in [7, 11) is 3.25. The van der Waals surface area contributed by atoms with Crippen LogP contribution in [-0.4, -0.2) is 38.8 Å². The predicted molar refractivity (Wildman–Crippen MR) is 138 cm³/mol. The van der Waals surface area contributed by atoms with Gasteiger partial charge in [0.05, 0.1) is 17.2 Å². The van der Waals surface area contributed by atoms with E-state index in [2.05, 4.69) is 30.3 Å². The summed E-state index contributed by atoms with van der Waals surface area (Å²) in [5, 5.41) is 5.56. The molecule has 5 rings (SSSR count). The molecule has 0 bridgehead atoms. The largest absolute Gasteiger partial charge is 0.573 e. The van der Waals surface area contributed by atoms with E-state index in [1.54, 1.807) is 35.9 Å². The average Bonchev–Trinajstić information content (AvgIpc) is 3.22. The van der Waals surface area contributed by atoms with Gasteiger partial charge in [-0.05, 0) is 42.5 Å². The Bertz CT molecular complexity index is 1720. The van der Waals surface area contributed by atoms with Crippen molar-refractivity contribution in [2.24, 2.45) is 7.05 Å². The molecule has 2 N–H and O–H groups in total. The van der Waals surface area contributed by atoms with Gasteiger partial charge in [0.1, 0.15) is 28.8 Å². The smallest absolute Gasteiger partial charge is 0.457 e. The van der Waals surface area contributed by atoms with E-state index in [9.17, 15) is 22.4 Å². The molecule has 0 saturated carbocycles. The second-order valence-electron chi connectivity index (χ2n) is 8.44. The van der Waals surface area contributed by atoms with Crippen LogP contribution in [0.1, 0.15) is 10.5 Å². The number of nitrogens with one attached hydrogen (secondary N) is 2. The Hall–Kier alpha value is -5.20. The highest BCUT2D eigenvalue weighted by Crippen LogP contribution is 2.38. The first-order chi connectivity index (χ1) is 19.1. The van der Waals surface area contributed by atoms with Crippen LogP contribution >= 0.6 is 0 Å². The Kier molecular flexibility index (Phi) is 6.94. The Morgan fingerprint density at radius 2 is 1.77 bits per heavy atom. The van der Waals surface area contributed by atoms with Gasteiger partial charge in [0.15, 0.2) is 0 Å². The van der Waals surface area contributed by atoms with Gasteiger partial charge in [0.2, 0.25) is 5.95 Å². The first-order valence-electron chi connectivity index (χ1n) is 11.7. The Labute approximate surface area is 224 Å². The minimum atomic E-state index is -4.97. The van der Waals surface area contributed by atoms with Crippen molar-refractivity contribution in [2.75, 3.05) is 12.4 Å². The molecular formula is C27H20F4N6O3. The molecule has 204 valence electrons. The molecule has 0 unspecified atom stereocenters. The van der Waals surface area contributed by atoms with Crippen molar-refractivity contribution in [3.63, 3.8) is 0 Å². The number of carbonyl (C=O) groups excluding carboxylic acids is 1. The third-order valence-corrected chi connectivity index (χ3v) is 5.80. The highest BCUT2D eigenvalue weighted by atomic mass is 19.4. The van der Waals surface area contributed by atoms with Gasteiger partial charge < -0.3 is 24.7 Å². The molecule has 9 nitrogen and oxygen atoms in total. The number of fused-ring (bicyclic) bond motifs is 1. The third kappa shape index (κ3) is 5.62. The van der Waals surface area contributed by atoms with E-state index >= 15 is 0 Å². The van der Waals surface area contributed by atoms with Crippen molar-refractivity contribution < 1.29 is 31.8 Å². The number of carbonyl (C=O) groups is 1. The van der Waals surface area contributed by atoms with Crippen LogP contribution in [0.25, 0.3) is 22.2 Å². The van der Waals surface area contributed by atoms with Crippen LogP contribution in [0.15, 0.2) is 73.2 Å². The van der Waals surface area contributed by atoms with E-state index < -0.39 is 17.9 Å². The number of halogens is 4. The number of aromatic nitrogens is 4. The number of ether oxygens (including phenoxy) is 2. The second kappa shape index (κ2) is 10.5. The third-order valence-electron chi connectivity index (χ3n) is 5.80. The van der Waals surface area contributed by atoms with Crippen molar-refractivity contribution in [2.45, 2.75) is 6.36 Å². The molecule has 0 aliphatic carbocycles. The predicted octanol–water partition coefficient (Wildman–Crippen LogP) is 5.96. The second-order valence-corrected chi connectivity index (χ2v) is 8.44. The number of anilines is 2. The number of nitrogens with zero attached hydrogens (tertiary/aromatic N) is 4. The zero-order chi connectivity index (χ0) is 28.4. The van der Waals surface area contributed by atoms with Crippen LogP contribution in [0, 0.1) is 5.82 Å². The number of alkyl halides is 3. The molecule has 40 heavy (non-hydrogen) atoms. The zero-order valence-electron chi connectivity index (χ0n) is 21.0. The molecule has 0 spiro atoms. The topological polar surface area (TPSA) is 103 Å². The molecule has 3 heterocycles. The van der Waals surface area contributed by atoms with Crippen LogP contribution < -0.4 is 20.1 Å². The molecule has 3 aromatic heterocycles. The zero-order valence-corrected chi connectivity index (χ0v) is 21.0. The van der Waals surface area contributed by atoms with Crippen molar-refractivity contribution in [1.82, 2.24) is 24.8 Å². The minimum absolute atomic E-state index is 0.111. The van der Waals surface area contributed by atoms with Gasteiger partial charge in [0.25, 0.3) is 5.91 Å². The number of hydrogen-bond acceptors (Lipinski definition) is 7. The van der Waals surface area contributed by atoms with Crippen LogP contribution in [0.5, 0.6) is 17.2 Å². The van der Waals surface area contributed by atoms with E-state index in [1.807, 2.05) is 0 Å². The number of hydrogen-bond donors (Lipinski definition) is 2. The molecule has 0 radical (unpaired) electrons. The molecule has 0 aliphatic rings. The number of pyridine rings is 2. The van der Waals surface area contributed by atoms with Crippen molar-refractivity contribution >= 4 is 28.6 Å². The summed E-state index contributed by atoms with van der Waals surface area (Å²) in [5.74, 6) is -0.503. The summed E-state index contributed by atoms with van der Waals surface area (Å²) < 4.78 is 65.2. The number of imidazole rings is 1. The maximum atomic E-state index is 14.5. The Balaban J connectivity index is 1.45. The lowest BCUT2D eigenvalue weighted by Crippen LogP contribution is -2.18. The van der Waals surface area contributed by atoms with Crippen LogP contribution in [0.3, 0.4) is 0 Å². The van der Waals surface area contributed by atoms with Crippen molar-refractivity contribution in [1.29, 1.82) is 0 Å². The molecule has 0 aliphatic heterocycles. The molecule has 1 amide bonds. The number of aryl methyl sites for hydroxylation is 1. The standard InChI is InChI=1S/C27H20F4N6O3/c1-32-25(38)22-13-17(7-10-34-22)39-16-4-5-23-21(12-16)36-26(37(23)2)35-15-3-6-24(40-27(29,30)31)19(11-15)18-8-9-33-14-20(18)28/h3-14H,1-2H3,(H,32,38)(H,35,36). The van der Waals surface area contributed by atoms with Gasteiger partial charge in [0, 0.05) is 55.4 Å². The first-order valence-corrected chi connectivity index (χ1v) is 11.7. The van der Waals surface area contributed by atoms with Crippen molar-refractivity contribution in [3.8, 4) is 28.4 Å². The van der Waals surface area contributed by atoms with Gasteiger partial charge in [-0.15, -0.1) is 13.2 Å². The fourth-order valence-corrected chi connectivity index (χ4v) is 3.97. The molecule has 2 aromatic carbocycles. The highest BCUT2D eigenvalue weighted by Gasteiger charge is 2.32.